The van der Waals surface area contributed by atoms with E-state index in [4.69, 9.17) is 0 Å². The third kappa shape index (κ3) is 4.27. The van der Waals surface area contributed by atoms with Crippen LogP contribution in [0.3, 0.4) is 0 Å². The Labute approximate surface area is 158 Å². The lowest BCUT2D eigenvalue weighted by Gasteiger charge is -2.13. The molecule has 27 heavy (non-hydrogen) atoms. The van der Waals surface area contributed by atoms with Gasteiger partial charge in [-0.25, -0.2) is 13.1 Å². The molecule has 0 bridgehead atoms. The summed E-state index contributed by atoms with van der Waals surface area (Å²) in [6, 6.07) is 8.95. The molecule has 0 saturated heterocycles. The van der Waals surface area contributed by atoms with Crippen LogP contribution in [0, 0.1) is 0 Å². The standard InChI is InChI=1S/C19H23N3O4S/c1-2-12-22-18(23)11-10-17(21-22)19(24)20-14-6-5-9-16(13-14)27(25,26)15-7-3-4-8-15/h5-6,9-11,13,15H,2-4,7-8,12H2,1H3,(H,20,24). The predicted octanol–water partition coefficient (Wildman–Crippen LogP) is 2.62. The largest absolute Gasteiger partial charge is 0.321 e. The van der Waals surface area contributed by atoms with E-state index in [2.05, 4.69) is 10.4 Å². The van der Waals surface area contributed by atoms with E-state index in [1.54, 1.807) is 18.2 Å². The molecule has 1 heterocycles. The summed E-state index contributed by atoms with van der Waals surface area (Å²) in [6.45, 7) is 2.34. The van der Waals surface area contributed by atoms with Crippen molar-refractivity contribution in [2.75, 3.05) is 5.32 Å². The molecular weight excluding hydrogens is 366 g/mol. The number of aryl methyl sites for hydroxylation is 1. The quantitative estimate of drug-likeness (QED) is 0.819. The van der Waals surface area contributed by atoms with Crippen LogP contribution in [0.4, 0.5) is 5.69 Å². The maximum Gasteiger partial charge on any atom is 0.276 e. The molecule has 0 radical (unpaired) electrons. The number of hydrogen-bond acceptors (Lipinski definition) is 5. The van der Waals surface area contributed by atoms with Crippen LogP contribution in [-0.2, 0) is 16.4 Å². The van der Waals surface area contributed by atoms with E-state index in [1.807, 2.05) is 6.92 Å². The number of anilines is 1. The highest BCUT2D eigenvalue weighted by molar-refractivity contribution is 7.92. The second kappa shape index (κ2) is 8.04. The molecule has 1 aromatic carbocycles. The molecule has 144 valence electrons. The van der Waals surface area contributed by atoms with Crippen LogP contribution >= 0.6 is 0 Å². The van der Waals surface area contributed by atoms with Crippen molar-refractivity contribution in [1.29, 1.82) is 0 Å². The first-order valence-electron chi connectivity index (χ1n) is 9.15. The van der Waals surface area contributed by atoms with Gasteiger partial charge in [-0.15, -0.1) is 0 Å². The second-order valence-corrected chi connectivity index (χ2v) is 8.94. The van der Waals surface area contributed by atoms with Gasteiger partial charge in [0.05, 0.1) is 10.1 Å². The number of sulfone groups is 1. The minimum atomic E-state index is -3.39. The van der Waals surface area contributed by atoms with Gasteiger partial charge in [0, 0.05) is 18.3 Å². The minimum absolute atomic E-state index is 0.104. The van der Waals surface area contributed by atoms with Crippen LogP contribution in [0.15, 0.2) is 46.1 Å². The van der Waals surface area contributed by atoms with Gasteiger partial charge in [-0.2, -0.15) is 5.10 Å². The Morgan fingerprint density at radius 1 is 1.22 bits per heavy atom. The predicted molar refractivity (Wildman–Crippen MR) is 103 cm³/mol. The van der Waals surface area contributed by atoms with Gasteiger partial charge in [0.1, 0.15) is 5.69 Å². The van der Waals surface area contributed by atoms with E-state index in [0.717, 1.165) is 19.3 Å². The van der Waals surface area contributed by atoms with E-state index in [0.29, 0.717) is 25.1 Å². The molecule has 7 nitrogen and oxygen atoms in total. The number of carbonyl (C=O) groups is 1. The topological polar surface area (TPSA) is 98.1 Å². The number of aromatic nitrogens is 2. The highest BCUT2D eigenvalue weighted by Crippen LogP contribution is 2.30. The van der Waals surface area contributed by atoms with E-state index in [9.17, 15) is 18.0 Å². The number of nitrogens with zero attached hydrogens (tertiary/aromatic N) is 2. The highest BCUT2D eigenvalue weighted by atomic mass is 32.2. The Kier molecular flexibility index (Phi) is 5.74. The molecule has 3 rings (SSSR count). The molecule has 2 aromatic rings. The summed E-state index contributed by atoms with van der Waals surface area (Å²) in [7, 11) is -3.39. The Morgan fingerprint density at radius 2 is 1.96 bits per heavy atom. The minimum Gasteiger partial charge on any atom is -0.321 e. The van der Waals surface area contributed by atoms with Crippen LogP contribution in [0.1, 0.15) is 49.5 Å². The van der Waals surface area contributed by atoms with Gasteiger partial charge in [0.2, 0.25) is 0 Å². The van der Waals surface area contributed by atoms with E-state index >= 15 is 0 Å². The number of benzene rings is 1. The van der Waals surface area contributed by atoms with Crippen molar-refractivity contribution in [3.8, 4) is 0 Å². The zero-order chi connectivity index (χ0) is 19.4. The zero-order valence-corrected chi connectivity index (χ0v) is 16.0. The number of rotatable bonds is 6. The van der Waals surface area contributed by atoms with Gasteiger partial charge in [-0.1, -0.05) is 25.8 Å². The average Bonchev–Trinajstić information content (AvgIpc) is 3.19. The van der Waals surface area contributed by atoms with Crippen molar-refractivity contribution in [1.82, 2.24) is 9.78 Å². The third-order valence-electron chi connectivity index (χ3n) is 4.70. The molecule has 1 saturated carbocycles. The lowest BCUT2D eigenvalue weighted by Crippen LogP contribution is -2.26. The summed E-state index contributed by atoms with van der Waals surface area (Å²) in [6.07, 6.45) is 3.95. The fourth-order valence-corrected chi connectivity index (χ4v) is 5.18. The highest BCUT2D eigenvalue weighted by Gasteiger charge is 2.30. The SMILES string of the molecule is CCCn1nc(C(=O)Nc2cccc(S(=O)(=O)C3CCCC3)c2)ccc1=O. The summed E-state index contributed by atoms with van der Waals surface area (Å²) in [4.78, 5) is 24.4. The van der Waals surface area contributed by atoms with Gasteiger partial charge in [0.25, 0.3) is 11.5 Å². The molecule has 1 aliphatic carbocycles. The maximum absolute atomic E-state index is 12.7. The molecule has 0 atom stereocenters. The number of carbonyl (C=O) groups excluding carboxylic acids is 1. The summed E-state index contributed by atoms with van der Waals surface area (Å²) in [5.74, 6) is -0.490. The summed E-state index contributed by atoms with van der Waals surface area (Å²) < 4.78 is 26.7. The molecule has 1 N–H and O–H groups in total. The lowest BCUT2D eigenvalue weighted by atomic mass is 10.3. The van der Waals surface area contributed by atoms with Crippen LogP contribution in [0.5, 0.6) is 0 Å². The lowest BCUT2D eigenvalue weighted by molar-refractivity contribution is 0.101. The van der Waals surface area contributed by atoms with E-state index in [1.165, 1.54) is 22.9 Å². The molecule has 0 spiro atoms. The van der Waals surface area contributed by atoms with Crippen molar-refractivity contribution in [2.24, 2.45) is 0 Å². The Balaban J connectivity index is 1.81. The third-order valence-corrected chi connectivity index (χ3v) is 6.96. The molecule has 0 aliphatic heterocycles. The van der Waals surface area contributed by atoms with Crippen molar-refractivity contribution in [3.63, 3.8) is 0 Å². The number of nitrogens with one attached hydrogen (secondary N) is 1. The average molecular weight is 389 g/mol. The first-order valence-corrected chi connectivity index (χ1v) is 10.7. The summed E-state index contributed by atoms with van der Waals surface area (Å²) in [5, 5.41) is 6.39. The van der Waals surface area contributed by atoms with Crippen molar-refractivity contribution >= 4 is 21.4 Å². The number of amides is 1. The van der Waals surface area contributed by atoms with Gasteiger partial charge in [-0.05, 0) is 43.5 Å². The zero-order valence-electron chi connectivity index (χ0n) is 15.2. The van der Waals surface area contributed by atoms with Crippen LogP contribution in [-0.4, -0.2) is 29.4 Å². The van der Waals surface area contributed by atoms with Crippen LogP contribution in [0.2, 0.25) is 0 Å². The first kappa shape index (κ1) is 19.3. The van der Waals surface area contributed by atoms with Gasteiger partial charge < -0.3 is 5.32 Å². The molecule has 0 unspecified atom stereocenters. The van der Waals surface area contributed by atoms with E-state index < -0.39 is 15.7 Å². The fourth-order valence-electron chi connectivity index (χ4n) is 3.28. The molecule has 1 fully saturated rings. The summed E-state index contributed by atoms with van der Waals surface area (Å²) in [5.41, 5.74) is 0.222. The Hall–Kier alpha value is -2.48. The first-order chi connectivity index (χ1) is 12.9. The Bertz CT molecular complexity index is 992. The smallest absolute Gasteiger partial charge is 0.276 e. The van der Waals surface area contributed by atoms with E-state index in [-0.39, 0.29) is 21.4 Å². The molecule has 8 heteroatoms. The monoisotopic (exact) mass is 389 g/mol. The van der Waals surface area contributed by atoms with Crippen molar-refractivity contribution in [3.05, 3.63) is 52.4 Å². The van der Waals surface area contributed by atoms with Gasteiger partial charge in [-0.3, -0.25) is 9.59 Å². The van der Waals surface area contributed by atoms with Crippen LogP contribution < -0.4 is 10.9 Å². The normalized spacial score (nSPS) is 15.0. The molecule has 1 aromatic heterocycles. The molecule has 1 aliphatic rings. The van der Waals surface area contributed by atoms with Crippen LogP contribution in [0.25, 0.3) is 0 Å². The molecule has 1 amide bonds. The van der Waals surface area contributed by atoms with Crippen molar-refractivity contribution < 1.29 is 13.2 Å². The number of hydrogen-bond donors (Lipinski definition) is 1. The maximum atomic E-state index is 12.7. The summed E-state index contributed by atoms with van der Waals surface area (Å²) >= 11 is 0. The van der Waals surface area contributed by atoms with Gasteiger partial charge >= 0.3 is 0 Å². The Morgan fingerprint density at radius 3 is 2.67 bits per heavy atom. The van der Waals surface area contributed by atoms with Crippen molar-refractivity contribution in [2.45, 2.75) is 55.7 Å². The van der Waals surface area contributed by atoms with Gasteiger partial charge in [0.15, 0.2) is 9.84 Å². The second-order valence-electron chi connectivity index (χ2n) is 6.71. The fraction of sp³-hybridized carbons (Fsp3) is 0.421. The molecular formula is C19H23N3O4S.